The maximum atomic E-state index is 12.7. The van der Waals surface area contributed by atoms with Gasteiger partial charge in [0, 0.05) is 13.0 Å². The van der Waals surface area contributed by atoms with Crippen LogP contribution in [0.2, 0.25) is 0 Å². The third-order valence-corrected chi connectivity index (χ3v) is 11.5. The molecule has 0 aliphatic rings. The van der Waals surface area contributed by atoms with Crippen LogP contribution in [0.4, 0.5) is 0 Å². The number of rotatable bonds is 46. The van der Waals surface area contributed by atoms with Crippen molar-refractivity contribution in [2.75, 3.05) is 54.1 Å². The zero-order valence-corrected chi connectivity index (χ0v) is 41.7. The van der Waals surface area contributed by atoms with Crippen LogP contribution in [-0.4, -0.2) is 70.7 Å². The highest BCUT2D eigenvalue weighted by Crippen LogP contribution is 2.38. The number of hydrogen-bond acceptors (Lipinski definition) is 7. The molecule has 0 bridgehead atoms. The molecule has 0 aromatic rings. The van der Waals surface area contributed by atoms with Gasteiger partial charge in [-0.3, -0.25) is 9.36 Å². The molecule has 0 amide bonds. The Kier molecular flexibility index (Phi) is 44.0. The smallest absolute Gasteiger partial charge is 0.306 e. The van der Waals surface area contributed by atoms with Crippen molar-refractivity contribution in [3.8, 4) is 0 Å². The van der Waals surface area contributed by atoms with E-state index >= 15 is 0 Å². The predicted molar refractivity (Wildman–Crippen MR) is 263 cm³/mol. The zero-order chi connectivity index (χ0) is 45.5. The lowest BCUT2D eigenvalue weighted by molar-refractivity contribution is -0.870. The molecule has 0 spiro atoms. The van der Waals surface area contributed by atoms with E-state index in [9.17, 15) is 14.3 Å². The first-order valence-corrected chi connectivity index (χ1v) is 26.6. The number of nitrogens with zero attached hydrogens (tertiary/aromatic N) is 1. The summed E-state index contributed by atoms with van der Waals surface area (Å²) in [4.78, 5) is 25.1. The molecular formula is C53H96NO7P. The van der Waals surface area contributed by atoms with Crippen LogP contribution < -0.4 is 4.89 Å². The number of allylic oxidation sites excluding steroid dienone is 12. The average molecular weight is 890 g/mol. The van der Waals surface area contributed by atoms with E-state index in [1.54, 1.807) is 0 Å². The largest absolute Gasteiger partial charge is 0.756 e. The Bertz CT molecular complexity index is 1220. The highest BCUT2D eigenvalue weighted by Gasteiger charge is 2.20. The number of carbonyl (C=O) groups is 1. The number of unbranched alkanes of at least 4 members (excludes halogenated alkanes) is 20. The summed E-state index contributed by atoms with van der Waals surface area (Å²) in [5, 5.41) is 0. The normalized spacial score (nSPS) is 14.2. The Morgan fingerprint density at radius 1 is 0.516 bits per heavy atom. The lowest BCUT2D eigenvalue weighted by atomic mass is 10.0. The third-order valence-electron chi connectivity index (χ3n) is 10.5. The summed E-state index contributed by atoms with van der Waals surface area (Å²) < 4.78 is 34.7. The number of phosphoric acid groups is 1. The van der Waals surface area contributed by atoms with Crippen LogP contribution in [0.5, 0.6) is 0 Å². The molecule has 0 saturated heterocycles. The molecule has 0 rings (SSSR count). The van der Waals surface area contributed by atoms with Crippen molar-refractivity contribution in [1.29, 1.82) is 0 Å². The number of quaternary nitrogens is 1. The summed E-state index contributed by atoms with van der Waals surface area (Å²) in [6.07, 6.45) is 59.3. The quantitative estimate of drug-likeness (QED) is 0.0197. The Hall–Kier alpha value is -2.06. The van der Waals surface area contributed by atoms with Gasteiger partial charge in [0.25, 0.3) is 7.82 Å². The van der Waals surface area contributed by atoms with Gasteiger partial charge >= 0.3 is 5.97 Å². The third kappa shape index (κ3) is 49.0. The average Bonchev–Trinajstić information content (AvgIpc) is 3.23. The van der Waals surface area contributed by atoms with Gasteiger partial charge in [-0.15, -0.1) is 0 Å². The number of likely N-dealkylation sites (N-methyl/N-ethyl adjacent to an activating group) is 1. The zero-order valence-electron chi connectivity index (χ0n) is 40.8. The molecule has 0 aliphatic carbocycles. The first-order valence-electron chi connectivity index (χ1n) is 25.2. The van der Waals surface area contributed by atoms with Crippen molar-refractivity contribution in [2.24, 2.45) is 0 Å². The highest BCUT2D eigenvalue weighted by molar-refractivity contribution is 7.45. The summed E-state index contributed by atoms with van der Waals surface area (Å²) in [6, 6.07) is 0. The fourth-order valence-corrected chi connectivity index (χ4v) is 7.34. The van der Waals surface area contributed by atoms with E-state index in [-0.39, 0.29) is 25.8 Å². The number of phosphoric ester groups is 1. The van der Waals surface area contributed by atoms with Crippen molar-refractivity contribution in [3.63, 3.8) is 0 Å². The molecule has 2 atom stereocenters. The van der Waals surface area contributed by atoms with Gasteiger partial charge in [-0.2, -0.15) is 0 Å². The van der Waals surface area contributed by atoms with Crippen LogP contribution >= 0.6 is 7.82 Å². The van der Waals surface area contributed by atoms with Crippen molar-refractivity contribution in [3.05, 3.63) is 72.9 Å². The Balaban J connectivity index is 4.10. The van der Waals surface area contributed by atoms with Gasteiger partial charge in [0.15, 0.2) is 0 Å². The second-order valence-electron chi connectivity index (χ2n) is 17.8. The van der Waals surface area contributed by atoms with Crippen LogP contribution in [0.15, 0.2) is 72.9 Å². The lowest BCUT2D eigenvalue weighted by Gasteiger charge is -2.28. The van der Waals surface area contributed by atoms with E-state index in [1.165, 1.54) is 96.3 Å². The van der Waals surface area contributed by atoms with Crippen molar-refractivity contribution in [1.82, 2.24) is 0 Å². The molecule has 0 aromatic carbocycles. The van der Waals surface area contributed by atoms with Crippen LogP contribution in [0.1, 0.15) is 200 Å². The van der Waals surface area contributed by atoms with Crippen molar-refractivity contribution in [2.45, 2.75) is 206 Å². The molecule has 2 unspecified atom stereocenters. The van der Waals surface area contributed by atoms with Gasteiger partial charge in [0.2, 0.25) is 0 Å². The molecular weight excluding hydrogens is 794 g/mol. The summed E-state index contributed by atoms with van der Waals surface area (Å²) in [6.45, 7) is 5.24. The molecule has 62 heavy (non-hydrogen) atoms. The van der Waals surface area contributed by atoms with E-state index in [0.717, 1.165) is 83.5 Å². The number of hydrogen-bond donors (Lipinski definition) is 0. The van der Waals surface area contributed by atoms with E-state index in [4.69, 9.17) is 18.5 Å². The fraction of sp³-hybridized carbons (Fsp3) is 0.755. The Morgan fingerprint density at radius 2 is 0.935 bits per heavy atom. The Morgan fingerprint density at radius 3 is 1.40 bits per heavy atom. The van der Waals surface area contributed by atoms with E-state index in [2.05, 4.69) is 86.8 Å². The maximum Gasteiger partial charge on any atom is 0.306 e. The second-order valence-corrected chi connectivity index (χ2v) is 19.2. The number of ether oxygens (including phenoxy) is 2. The first-order chi connectivity index (χ1) is 30.1. The summed E-state index contributed by atoms with van der Waals surface area (Å²) in [5.74, 6) is -0.350. The standard InChI is InChI=1S/C53H96NO7P/c1-6-8-10-12-14-16-18-20-22-23-24-25-26-27-28-29-30-31-32-33-35-37-39-41-43-45-48-58-50-52(51-60-62(56,57)59-49-47-54(3,4)5)61-53(55)46-44-42-40-38-36-34-21-19-17-15-13-11-9-7-2/h8,10,13-16,19-22,24-25,52H,6-7,9,11-12,17-18,23,26-51H2,1-5H3/b10-8-,15-13-,16-14-,21-19-,22-20-,25-24-. The molecule has 0 aromatic heterocycles. The van der Waals surface area contributed by atoms with Crippen molar-refractivity contribution >= 4 is 13.8 Å². The topological polar surface area (TPSA) is 94.1 Å². The maximum absolute atomic E-state index is 12.7. The van der Waals surface area contributed by atoms with E-state index < -0.39 is 13.9 Å². The summed E-state index contributed by atoms with van der Waals surface area (Å²) >= 11 is 0. The fourth-order valence-electron chi connectivity index (χ4n) is 6.61. The summed E-state index contributed by atoms with van der Waals surface area (Å²) in [5.41, 5.74) is 0. The van der Waals surface area contributed by atoms with Crippen molar-refractivity contribution < 1.29 is 37.3 Å². The van der Waals surface area contributed by atoms with Crippen LogP contribution in [0.3, 0.4) is 0 Å². The SMILES string of the molecule is CC/C=C\C/C=C\C/C=C\C/C=C\CCCCCCCCCCCCCCCOCC(COP(=O)([O-])OCC[N+](C)(C)C)OC(=O)CCCCCCC/C=C\C/C=C\CCCC. The predicted octanol–water partition coefficient (Wildman–Crippen LogP) is 14.8. The molecule has 9 heteroatoms. The van der Waals surface area contributed by atoms with Gasteiger partial charge in [-0.25, -0.2) is 0 Å². The molecule has 0 saturated carbocycles. The van der Waals surface area contributed by atoms with Gasteiger partial charge in [-0.1, -0.05) is 189 Å². The van der Waals surface area contributed by atoms with Gasteiger partial charge < -0.3 is 27.9 Å². The van der Waals surface area contributed by atoms with Crippen LogP contribution in [0.25, 0.3) is 0 Å². The minimum Gasteiger partial charge on any atom is -0.756 e. The monoisotopic (exact) mass is 890 g/mol. The Labute approximate surface area is 383 Å². The number of esters is 1. The molecule has 0 fully saturated rings. The minimum absolute atomic E-state index is 0.0204. The van der Waals surface area contributed by atoms with Gasteiger partial charge in [0.05, 0.1) is 34.4 Å². The van der Waals surface area contributed by atoms with Crippen LogP contribution in [0, 0.1) is 0 Å². The van der Waals surface area contributed by atoms with Crippen LogP contribution in [-0.2, 0) is 27.9 Å². The minimum atomic E-state index is -4.54. The molecule has 0 aliphatic heterocycles. The molecule has 0 N–H and O–H groups in total. The van der Waals surface area contributed by atoms with E-state index in [1.807, 2.05) is 21.1 Å². The number of carbonyl (C=O) groups excluding carboxylic acids is 1. The van der Waals surface area contributed by atoms with Gasteiger partial charge in [-0.05, 0) is 77.0 Å². The molecule has 0 heterocycles. The first kappa shape index (κ1) is 59.9. The summed E-state index contributed by atoms with van der Waals surface area (Å²) in [7, 11) is 1.34. The van der Waals surface area contributed by atoms with Gasteiger partial charge in [0.1, 0.15) is 19.3 Å². The second kappa shape index (κ2) is 45.5. The highest BCUT2D eigenvalue weighted by atomic mass is 31.2. The molecule has 0 radical (unpaired) electrons. The van der Waals surface area contributed by atoms with E-state index in [0.29, 0.717) is 24.1 Å². The lowest BCUT2D eigenvalue weighted by Crippen LogP contribution is -2.37. The molecule has 8 nitrogen and oxygen atoms in total. The molecule has 360 valence electrons.